The third kappa shape index (κ3) is 4.50. The van der Waals surface area contributed by atoms with E-state index in [1.165, 1.54) is 26.2 Å². The van der Waals surface area contributed by atoms with Crippen LogP contribution in [-0.2, 0) is 19.1 Å². The molecule has 6 nitrogen and oxygen atoms in total. The van der Waals surface area contributed by atoms with Gasteiger partial charge in [-0.2, -0.15) is 8.78 Å². The van der Waals surface area contributed by atoms with E-state index in [0.29, 0.717) is 0 Å². The molecule has 1 aromatic carbocycles. The highest BCUT2D eigenvalue weighted by Gasteiger charge is 2.27. The summed E-state index contributed by atoms with van der Waals surface area (Å²) in [4.78, 5) is -0.382. The van der Waals surface area contributed by atoms with Crippen LogP contribution in [0, 0.1) is 0 Å². The summed E-state index contributed by atoms with van der Waals surface area (Å²) in [5, 5.41) is 0. The fourth-order valence-electron chi connectivity index (χ4n) is 1.52. The Morgan fingerprint density at radius 2 is 1.81 bits per heavy atom. The molecule has 120 valence electrons. The lowest BCUT2D eigenvalue weighted by molar-refractivity contribution is 0.231. The minimum atomic E-state index is -4.81. The van der Waals surface area contributed by atoms with Gasteiger partial charge in [0.15, 0.2) is 0 Å². The van der Waals surface area contributed by atoms with Crippen LogP contribution in [0.5, 0.6) is 5.75 Å². The maximum absolute atomic E-state index is 12.3. The Kier molecular flexibility index (Phi) is 5.53. The van der Waals surface area contributed by atoms with Crippen molar-refractivity contribution in [2.24, 2.45) is 0 Å². The van der Waals surface area contributed by atoms with E-state index in [-0.39, 0.29) is 16.2 Å². The van der Waals surface area contributed by atoms with Crippen molar-refractivity contribution in [3.05, 3.63) is 23.8 Å². The standard InChI is InChI=1S/C10H12ClF2NO5S2/c1-6(14-21(17,18)10(12)13)7-3-4-8(19-2)9(5-7)20(11,15)16/h3-6,10,14H,1-2H3. The number of rotatable bonds is 6. The third-order valence-corrected chi connectivity index (χ3v) is 5.02. The van der Waals surface area contributed by atoms with E-state index in [4.69, 9.17) is 15.4 Å². The first-order valence-corrected chi connectivity index (χ1v) is 9.26. The molecule has 1 unspecified atom stereocenters. The summed E-state index contributed by atoms with van der Waals surface area (Å²) in [6.45, 7) is 1.28. The number of methoxy groups -OCH3 is 1. The lowest BCUT2D eigenvalue weighted by atomic mass is 10.1. The van der Waals surface area contributed by atoms with Crippen molar-refractivity contribution in [3.8, 4) is 5.75 Å². The SMILES string of the molecule is COc1ccc(C(C)NS(=O)(=O)C(F)F)cc1S(=O)(=O)Cl. The Morgan fingerprint density at radius 3 is 2.24 bits per heavy atom. The molecular formula is C10H12ClF2NO5S2. The first-order chi connectivity index (χ1) is 9.49. The molecule has 0 aromatic heterocycles. The first-order valence-electron chi connectivity index (χ1n) is 5.41. The zero-order valence-electron chi connectivity index (χ0n) is 10.9. The molecule has 1 aromatic rings. The predicted molar refractivity (Wildman–Crippen MR) is 72.5 cm³/mol. The van der Waals surface area contributed by atoms with Gasteiger partial charge in [-0.1, -0.05) is 6.07 Å². The van der Waals surface area contributed by atoms with E-state index < -0.39 is 30.9 Å². The third-order valence-electron chi connectivity index (χ3n) is 2.53. The smallest absolute Gasteiger partial charge is 0.350 e. The van der Waals surface area contributed by atoms with Gasteiger partial charge in [0.25, 0.3) is 19.1 Å². The first kappa shape index (κ1) is 18.1. The van der Waals surface area contributed by atoms with Crippen LogP contribution in [-0.4, -0.2) is 29.7 Å². The summed E-state index contributed by atoms with van der Waals surface area (Å²) < 4.78 is 76.1. The molecule has 11 heteroatoms. The van der Waals surface area contributed by atoms with Gasteiger partial charge in [-0.25, -0.2) is 21.6 Å². The molecule has 0 spiro atoms. The number of ether oxygens (including phenoxy) is 1. The summed E-state index contributed by atoms with van der Waals surface area (Å²) in [6, 6.07) is 2.56. The average Bonchev–Trinajstić information content (AvgIpc) is 2.36. The number of hydrogen-bond acceptors (Lipinski definition) is 5. The van der Waals surface area contributed by atoms with Crippen LogP contribution in [0.2, 0.25) is 0 Å². The largest absolute Gasteiger partial charge is 0.495 e. The Hall–Kier alpha value is -0.970. The quantitative estimate of drug-likeness (QED) is 0.779. The molecule has 21 heavy (non-hydrogen) atoms. The number of halogens is 3. The van der Waals surface area contributed by atoms with Crippen molar-refractivity contribution in [2.45, 2.75) is 23.6 Å². The summed E-state index contributed by atoms with van der Waals surface area (Å²) in [7, 11) is -2.48. The zero-order valence-corrected chi connectivity index (χ0v) is 13.3. The number of benzene rings is 1. The van der Waals surface area contributed by atoms with Gasteiger partial charge >= 0.3 is 5.76 Å². The Labute approximate surface area is 125 Å². The highest BCUT2D eigenvalue weighted by molar-refractivity contribution is 8.13. The summed E-state index contributed by atoms with van der Waals surface area (Å²) in [5.74, 6) is -3.63. The van der Waals surface area contributed by atoms with Crippen molar-refractivity contribution in [2.75, 3.05) is 7.11 Å². The molecule has 0 saturated carbocycles. The lowest BCUT2D eigenvalue weighted by Crippen LogP contribution is -2.31. The Balaban J connectivity index is 3.22. The van der Waals surface area contributed by atoms with Crippen LogP contribution in [0.4, 0.5) is 8.78 Å². The minimum Gasteiger partial charge on any atom is -0.495 e. The number of hydrogen-bond donors (Lipinski definition) is 1. The van der Waals surface area contributed by atoms with Crippen LogP contribution >= 0.6 is 10.7 Å². The van der Waals surface area contributed by atoms with E-state index in [1.54, 1.807) is 4.72 Å². The fraction of sp³-hybridized carbons (Fsp3) is 0.400. The van der Waals surface area contributed by atoms with Crippen LogP contribution < -0.4 is 9.46 Å². The van der Waals surface area contributed by atoms with E-state index in [2.05, 4.69) is 0 Å². The molecule has 0 saturated heterocycles. The second-order valence-corrected chi connectivity index (χ2v) is 8.21. The van der Waals surface area contributed by atoms with E-state index >= 15 is 0 Å². The summed E-state index contributed by atoms with van der Waals surface area (Å²) in [5.41, 5.74) is 0.138. The van der Waals surface area contributed by atoms with Crippen molar-refractivity contribution in [1.82, 2.24) is 4.72 Å². The molecule has 1 rings (SSSR count). The summed E-state index contributed by atoms with van der Waals surface area (Å²) in [6.07, 6.45) is 0. The second kappa shape index (κ2) is 6.42. The number of nitrogens with one attached hydrogen (secondary N) is 1. The highest BCUT2D eigenvalue weighted by Crippen LogP contribution is 2.30. The zero-order chi connectivity index (χ0) is 16.4. The van der Waals surface area contributed by atoms with Crippen LogP contribution in [0.15, 0.2) is 23.1 Å². The van der Waals surface area contributed by atoms with Crippen LogP contribution in [0.1, 0.15) is 18.5 Å². The van der Waals surface area contributed by atoms with Crippen molar-refractivity contribution >= 4 is 29.8 Å². The van der Waals surface area contributed by atoms with Crippen LogP contribution in [0.25, 0.3) is 0 Å². The van der Waals surface area contributed by atoms with Gasteiger partial charge in [-0.15, -0.1) is 0 Å². The monoisotopic (exact) mass is 363 g/mol. The fourth-order valence-corrected chi connectivity index (χ4v) is 3.28. The highest BCUT2D eigenvalue weighted by atomic mass is 35.7. The minimum absolute atomic E-state index is 0.0438. The maximum atomic E-state index is 12.3. The van der Waals surface area contributed by atoms with Gasteiger partial charge in [0.05, 0.1) is 7.11 Å². The van der Waals surface area contributed by atoms with E-state index in [0.717, 1.165) is 6.07 Å². The summed E-state index contributed by atoms with van der Waals surface area (Å²) >= 11 is 0. The molecule has 1 N–H and O–H groups in total. The van der Waals surface area contributed by atoms with Gasteiger partial charge in [0.1, 0.15) is 10.6 Å². The predicted octanol–water partition coefficient (Wildman–Crippen LogP) is 1.83. The van der Waals surface area contributed by atoms with Gasteiger partial charge in [0, 0.05) is 16.7 Å². The molecule has 0 amide bonds. The number of sulfonamides is 1. The molecule has 1 atom stereocenters. The topological polar surface area (TPSA) is 89.5 Å². The number of alkyl halides is 2. The molecule has 0 fully saturated rings. The van der Waals surface area contributed by atoms with Crippen molar-refractivity contribution < 1.29 is 30.4 Å². The molecule has 0 aliphatic heterocycles. The van der Waals surface area contributed by atoms with E-state index in [9.17, 15) is 25.6 Å². The van der Waals surface area contributed by atoms with Gasteiger partial charge in [-0.3, -0.25) is 0 Å². The molecule has 0 radical (unpaired) electrons. The van der Waals surface area contributed by atoms with Crippen molar-refractivity contribution in [1.29, 1.82) is 0 Å². The molecule has 0 bridgehead atoms. The second-order valence-electron chi connectivity index (χ2n) is 3.99. The maximum Gasteiger partial charge on any atom is 0.350 e. The molecule has 0 aliphatic carbocycles. The molecule has 0 aliphatic rings. The normalized spacial score (nSPS) is 14.2. The molecular weight excluding hydrogens is 352 g/mol. The Bertz CT molecular complexity index is 721. The lowest BCUT2D eigenvalue weighted by Gasteiger charge is -2.16. The van der Waals surface area contributed by atoms with Gasteiger partial charge in [-0.05, 0) is 24.6 Å². The average molecular weight is 364 g/mol. The van der Waals surface area contributed by atoms with E-state index in [1.807, 2.05) is 0 Å². The Morgan fingerprint density at radius 1 is 1.24 bits per heavy atom. The van der Waals surface area contributed by atoms with Crippen LogP contribution in [0.3, 0.4) is 0 Å². The molecule has 0 heterocycles. The van der Waals surface area contributed by atoms with Gasteiger partial charge in [0.2, 0.25) is 0 Å². The van der Waals surface area contributed by atoms with Crippen molar-refractivity contribution in [3.63, 3.8) is 0 Å². The van der Waals surface area contributed by atoms with Gasteiger partial charge < -0.3 is 4.74 Å².